The van der Waals surface area contributed by atoms with Gasteiger partial charge in [0.05, 0.1) is 18.6 Å². The molecule has 0 saturated carbocycles. The van der Waals surface area contributed by atoms with Crippen LogP contribution in [-0.4, -0.2) is 39.5 Å². The van der Waals surface area contributed by atoms with E-state index in [0.29, 0.717) is 18.9 Å². The van der Waals surface area contributed by atoms with Crippen LogP contribution < -0.4 is 10.6 Å². The van der Waals surface area contributed by atoms with Crippen molar-refractivity contribution in [2.24, 2.45) is 4.99 Å². The molecule has 0 amide bonds. The monoisotopic (exact) mass is 415 g/mol. The maximum atomic E-state index is 11.1. The molecule has 116 valence electrons. The topological polar surface area (TPSA) is 83.7 Å². The molecule has 1 aromatic rings. The zero-order chi connectivity index (χ0) is 14.3. The summed E-state index contributed by atoms with van der Waals surface area (Å²) in [6.07, 6.45) is 3.39. The third-order valence-electron chi connectivity index (χ3n) is 2.54. The van der Waals surface area contributed by atoms with Crippen LogP contribution in [0.5, 0.6) is 0 Å². The summed E-state index contributed by atoms with van der Waals surface area (Å²) in [5.41, 5.74) is 0. The number of aliphatic imine (C=N–C) groups is 1. The fourth-order valence-corrected chi connectivity index (χ4v) is 2.26. The van der Waals surface area contributed by atoms with Gasteiger partial charge in [-0.3, -0.25) is 4.99 Å². The Morgan fingerprint density at radius 1 is 1.50 bits per heavy atom. The zero-order valence-corrected chi connectivity index (χ0v) is 15.1. The first kappa shape index (κ1) is 19.2. The molecule has 0 spiro atoms. The van der Waals surface area contributed by atoms with Gasteiger partial charge < -0.3 is 15.1 Å². The second-order valence-corrected chi connectivity index (χ2v) is 6.73. The Hall–Kier alpha value is -0.770. The molecule has 0 aromatic carbocycles. The van der Waals surface area contributed by atoms with Crippen molar-refractivity contribution in [3.63, 3.8) is 0 Å². The second-order valence-electron chi connectivity index (χ2n) is 4.47. The summed E-state index contributed by atoms with van der Waals surface area (Å²) in [5.74, 6) is 1.60. The summed E-state index contributed by atoms with van der Waals surface area (Å²) in [6, 6.07) is 3.72. The molecule has 0 fully saturated rings. The van der Waals surface area contributed by atoms with Gasteiger partial charge in [-0.1, -0.05) is 0 Å². The van der Waals surface area contributed by atoms with Gasteiger partial charge in [0.15, 0.2) is 5.96 Å². The molecule has 6 nitrogen and oxygen atoms in total. The highest BCUT2D eigenvalue weighted by atomic mass is 127. The first-order valence-corrected chi connectivity index (χ1v) is 8.14. The number of guanidine groups is 1. The summed E-state index contributed by atoms with van der Waals surface area (Å²) >= 11 is 0. The fraction of sp³-hybridized carbons (Fsp3) is 0.583. The van der Waals surface area contributed by atoms with Crippen LogP contribution in [0, 0.1) is 0 Å². The van der Waals surface area contributed by atoms with Crippen molar-refractivity contribution in [1.29, 1.82) is 0 Å². The maximum Gasteiger partial charge on any atom is 0.191 e. The van der Waals surface area contributed by atoms with E-state index >= 15 is 0 Å². The molecule has 0 aliphatic heterocycles. The van der Waals surface area contributed by atoms with Crippen LogP contribution in [0.1, 0.15) is 19.1 Å². The standard InChI is InChI=1S/C12H21N3O3S.HI/c1-10(6-8-19(3,16)17)15-12(13-2)14-9-11-5-4-7-18-11;/h4-5,7,10H,6,8-9H2,1-3H3,(H2,13,14,15);1H. The third-order valence-corrected chi connectivity index (χ3v) is 3.52. The molecular formula is C12H22IN3O3S. The van der Waals surface area contributed by atoms with Crippen LogP contribution in [0.25, 0.3) is 0 Å². The molecule has 1 aromatic heterocycles. The van der Waals surface area contributed by atoms with E-state index in [1.54, 1.807) is 13.3 Å². The van der Waals surface area contributed by atoms with Gasteiger partial charge in [0.1, 0.15) is 15.6 Å². The lowest BCUT2D eigenvalue weighted by atomic mass is 10.3. The Morgan fingerprint density at radius 2 is 2.20 bits per heavy atom. The number of sulfone groups is 1. The Bertz CT molecular complexity index is 500. The average Bonchev–Trinajstić information content (AvgIpc) is 2.84. The van der Waals surface area contributed by atoms with Gasteiger partial charge in [0.2, 0.25) is 0 Å². The van der Waals surface area contributed by atoms with Crippen molar-refractivity contribution in [2.75, 3.05) is 19.1 Å². The highest BCUT2D eigenvalue weighted by Crippen LogP contribution is 1.99. The summed E-state index contributed by atoms with van der Waals surface area (Å²) in [4.78, 5) is 4.08. The molecule has 1 rings (SSSR count). The highest BCUT2D eigenvalue weighted by Gasteiger charge is 2.09. The van der Waals surface area contributed by atoms with E-state index in [4.69, 9.17) is 4.42 Å². The molecule has 20 heavy (non-hydrogen) atoms. The van der Waals surface area contributed by atoms with Crippen LogP contribution in [0.15, 0.2) is 27.8 Å². The Labute approximate surface area is 137 Å². The fourth-order valence-electron chi connectivity index (χ4n) is 1.48. The molecule has 1 atom stereocenters. The molecular weight excluding hydrogens is 393 g/mol. The van der Waals surface area contributed by atoms with E-state index in [1.807, 2.05) is 19.1 Å². The van der Waals surface area contributed by atoms with Crippen LogP contribution in [-0.2, 0) is 16.4 Å². The van der Waals surface area contributed by atoms with Gasteiger partial charge in [-0.15, -0.1) is 24.0 Å². The minimum Gasteiger partial charge on any atom is -0.467 e. The number of hydrogen-bond acceptors (Lipinski definition) is 4. The lowest BCUT2D eigenvalue weighted by Gasteiger charge is -2.17. The van der Waals surface area contributed by atoms with Crippen molar-refractivity contribution >= 4 is 39.8 Å². The Morgan fingerprint density at radius 3 is 2.70 bits per heavy atom. The maximum absolute atomic E-state index is 11.1. The Balaban J connectivity index is 0.00000361. The van der Waals surface area contributed by atoms with E-state index in [2.05, 4.69) is 15.6 Å². The lowest BCUT2D eigenvalue weighted by Crippen LogP contribution is -2.42. The predicted molar refractivity (Wildman–Crippen MR) is 91.2 cm³/mol. The Kier molecular flexibility index (Phi) is 8.86. The summed E-state index contributed by atoms with van der Waals surface area (Å²) in [5, 5.41) is 6.23. The molecule has 1 heterocycles. The second kappa shape index (κ2) is 9.22. The summed E-state index contributed by atoms with van der Waals surface area (Å²) in [6.45, 7) is 2.45. The number of nitrogens with zero attached hydrogens (tertiary/aromatic N) is 1. The van der Waals surface area contributed by atoms with E-state index in [9.17, 15) is 8.42 Å². The van der Waals surface area contributed by atoms with Gasteiger partial charge >= 0.3 is 0 Å². The van der Waals surface area contributed by atoms with Gasteiger partial charge in [0, 0.05) is 19.3 Å². The van der Waals surface area contributed by atoms with Crippen LogP contribution in [0.3, 0.4) is 0 Å². The number of halogens is 1. The van der Waals surface area contributed by atoms with E-state index in [1.165, 1.54) is 6.26 Å². The lowest BCUT2D eigenvalue weighted by molar-refractivity contribution is 0.499. The van der Waals surface area contributed by atoms with Crippen LogP contribution in [0.2, 0.25) is 0 Å². The highest BCUT2D eigenvalue weighted by molar-refractivity contribution is 14.0. The quantitative estimate of drug-likeness (QED) is 0.417. The van der Waals surface area contributed by atoms with Crippen molar-refractivity contribution in [2.45, 2.75) is 25.9 Å². The van der Waals surface area contributed by atoms with Crippen molar-refractivity contribution in [3.05, 3.63) is 24.2 Å². The van der Waals surface area contributed by atoms with Gasteiger partial charge in [-0.05, 0) is 25.5 Å². The smallest absolute Gasteiger partial charge is 0.191 e. The van der Waals surface area contributed by atoms with Gasteiger partial charge in [-0.25, -0.2) is 8.42 Å². The molecule has 8 heteroatoms. The first-order chi connectivity index (χ1) is 8.90. The van der Waals surface area contributed by atoms with Crippen molar-refractivity contribution < 1.29 is 12.8 Å². The minimum atomic E-state index is -2.92. The minimum absolute atomic E-state index is 0. The largest absolute Gasteiger partial charge is 0.467 e. The van der Waals surface area contributed by atoms with Crippen LogP contribution in [0.4, 0.5) is 0 Å². The number of nitrogens with one attached hydrogen (secondary N) is 2. The van der Waals surface area contributed by atoms with Crippen LogP contribution >= 0.6 is 24.0 Å². The predicted octanol–water partition coefficient (Wildman–Crippen LogP) is 1.39. The zero-order valence-electron chi connectivity index (χ0n) is 11.9. The summed E-state index contributed by atoms with van der Waals surface area (Å²) in [7, 11) is -1.26. The first-order valence-electron chi connectivity index (χ1n) is 6.08. The summed E-state index contributed by atoms with van der Waals surface area (Å²) < 4.78 is 27.4. The normalized spacial score (nSPS) is 13.4. The average molecular weight is 415 g/mol. The molecule has 0 aliphatic carbocycles. The molecule has 0 saturated heterocycles. The number of furan rings is 1. The molecule has 1 unspecified atom stereocenters. The van der Waals surface area contributed by atoms with Gasteiger partial charge in [0.25, 0.3) is 0 Å². The van der Waals surface area contributed by atoms with Crippen molar-refractivity contribution in [1.82, 2.24) is 10.6 Å². The molecule has 2 N–H and O–H groups in total. The van der Waals surface area contributed by atoms with Gasteiger partial charge in [-0.2, -0.15) is 0 Å². The number of hydrogen-bond donors (Lipinski definition) is 2. The van der Waals surface area contributed by atoms with E-state index in [0.717, 1.165) is 5.76 Å². The molecule has 0 aliphatic rings. The van der Waals surface area contributed by atoms with E-state index < -0.39 is 9.84 Å². The van der Waals surface area contributed by atoms with E-state index in [-0.39, 0.29) is 35.8 Å². The third kappa shape index (κ3) is 8.41. The van der Waals surface area contributed by atoms with Crippen molar-refractivity contribution in [3.8, 4) is 0 Å². The molecule has 0 radical (unpaired) electrons. The molecule has 0 bridgehead atoms. The SMILES string of the molecule is CN=C(NCc1ccco1)NC(C)CCS(C)(=O)=O.I. The number of rotatable bonds is 6.